The molecule has 100 valence electrons. The summed E-state index contributed by atoms with van der Waals surface area (Å²) >= 11 is 0. The van der Waals surface area contributed by atoms with Gasteiger partial charge in [-0.3, -0.25) is 14.2 Å². The van der Waals surface area contributed by atoms with Gasteiger partial charge in [-0.05, 0) is 24.6 Å². The molecule has 0 saturated heterocycles. The highest BCUT2D eigenvalue weighted by Crippen LogP contribution is 2.19. The molecule has 20 heavy (non-hydrogen) atoms. The Morgan fingerprint density at radius 3 is 2.45 bits per heavy atom. The molecule has 0 unspecified atom stereocenters. The van der Waals surface area contributed by atoms with Crippen molar-refractivity contribution in [3.63, 3.8) is 0 Å². The van der Waals surface area contributed by atoms with Crippen LogP contribution in [-0.4, -0.2) is 15.6 Å². The van der Waals surface area contributed by atoms with Crippen LogP contribution >= 0.6 is 0 Å². The third-order valence-corrected chi connectivity index (χ3v) is 2.94. The number of hydrogen-bond acceptors (Lipinski definition) is 3. The largest absolute Gasteiger partial charge is 0.480 e. The summed E-state index contributed by atoms with van der Waals surface area (Å²) in [6, 6.07) is 12.2. The molecule has 1 aromatic heterocycles. The number of aryl methyl sites for hydroxylation is 1. The first-order chi connectivity index (χ1) is 9.52. The fourth-order valence-corrected chi connectivity index (χ4v) is 1.93. The highest BCUT2D eigenvalue weighted by molar-refractivity contribution is 5.69. The molecule has 0 aliphatic heterocycles. The number of carboxylic acids is 1. The van der Waals surface area contributed by atoms with Crippen molar-refractivity contribution in [3.8, 4) is 17.3 Å². The van der Waals surface area contributed by atoms with Gasteiger partial charge < -0.3 is 5.11 Å². The van der Waals surface area contributed by atoms with Crippen LogP contribution in [0.3, 0.4) is 0 Å². The fraction of sp³-hybridized carbons (Fsp3) is 0.133. The fourth-order valence-electron chi connectivity index (χ4n) is 1.93. The molecule has 1 N–H and O–H groups in total. The van der Waals surface area contributed by atoms with E-state index in [9.17, 15) is 9.59 Å². The van der Waals surface area contributed by atoms with Gasteiger partial charge in [-0.25, -0.2) is 0 Å². The molecule has 5 heteroatoms. The maximum absolute atomic E-state index is 12.1. The Kier molecular flexibility index (Phi) is 3.67. The van der Waals surface area contributed by atoms with E-state index >= 15 is 0 Å². The molecule has 0 atom stereocenters. The van der Waals surface area contributed by atoms with E-state index in [0.717, 1.165) is 15.7 Å². The first-order valence-electron chi connectivity index (χ1n) is 5.95. The molecule has 2 aromatic rings. The van der Waals surface area contributed by atoms with E-state index in [-0.39, 0.29) is 5.56 Å². The van der Waals surface area contributed by atoms with E-state index < -0.39 is 18.1 Å². The maximum Gasteiger partial charge on any atom is 0.323 e. The zero-order chi connectivity index (χ0) is 14.7. The van der Waals surface area contributed by atoms with Crippen molar-refractivity contribution in [2.24, 2.45) is 0 Å². The first-order valence-corrected chi connectivity index (χ1v) is 5.95. The van der Waals surface area contributed by atoms with Crippen molar-refractivity contribution in [2.45, 2.75) is 13.5 Å². The second kappa shape index (κ2) is 5.41. The SMILES string of the molecule is Cc1ccc(-c2ccc(C#N)c(=O)n2CC(=O)O)cc1. The lowest BCUT2D eigenvalue weighted by atomic mass is 10.1. The summed E-state index contributed by atoms with van der Waals surface area (Å²) in [6.45, 7) is 1.46. The van der Waals surface area contributed by atoms with Gasteiger partial charge in [0, 0.05) is 0 Å². The average molecular weight is 268 g/mol. The van der Waals surface area contributed by atoms with Gasteiger partial charge in [-0.1, -0.05) is 29.8 Å². The van der Waals surface area contributed by atoms with Crippen LogP contribution in [0.25, 0.3) is 11.3 Å². The Labute approximate surface area is 115 Å². The summed E-state index contributed by atoms with van der Waals surface area (Å²) in [4.78, 5) is 23.0. The summed E-state index contributed by atoms with van der Waals surface area (Å²) in [5, 5.41) is 17.8. The van der Waals surface area contributed by atoms with Crippen molar-refractivity contribution in [1.29, 1.82) is 5.26 Å². The minimum absolute atomic E-state index is 0.0675. The Hall–Kier alpha value is -2.87. The molecule has 0 amide bonds. The second-order valence-electron chi connectivity index (χ2n) is 4.40. The molecule has 2 rings (SSSR count). The van der Waals surface area contributed by atoms with E-state index in [1.54, 1.807) is 12.1 Å². The van der Waals surface area contributed by atoms with Crippen LogP contribution in [-0.2, 0) is 11.3 Å². The molecule has 0 radical (unpaired) electrons. The Morgan fingerprint density at radius 1 is 1.25 bits per heavy atom. The van der Waals surface area contributed by atoms with Crippen LogP contribution in [0.1, 0.15) is 11.1 Å². The molecule has 0 spiro atoms. The average Bonchev–Trinajstić information content (AvgIpc) is 2.42. The van der Waals surface area contributed by atoms with Gasteiger partial charge in [0.05, 0.1) is 5.69 Å². The van der Waals surface area contributed by atoms with Gasteiger partial charge in [-0.2, -0.15) is 5.26 Å². The zero-order valence-corrected chi connectivity index (χ0v) is 10.8. The highest BCUT2D eigenvalue weighted by atomic mass is 16.4. The van der Waals surface area contributed by atoms with E-state index in [1.165, 1.54) is 6.07 Å². The molecule has 0 fully saturated rings. The minimum atomic E-state index is -1.13. The quantitative estimate of drug-likeness (QED) is 0.919. The van der Waals surface area contributed by atoms with E-state index in [0.29, 0.717) is 5.69 Å². The highest BCUT2D eigenvalue weighted by Gasteiger charge is 2.12. The third kappa shape index (κ3) is 2.59. The van der Waals surface area contributed by atoms with Crippen molar-refractivity contribution in [2.75, 3.05) is 0 Å². The Bertz CT molecular complexity index is 752. The van der Waals surface area contributed by atoms with Crippen LogP contribution in [0.4, 0.5) is 0 Å². The molecule has 1 aromatic carbocycles. The Morgan fingerprint density at radius 2 is 1.90 bits per heavy atom. The number of benzene rings is 1. The topological polar surface area (TPSA) is 83.1 Å². The molecule has 0 bridgehead atoms. The van der Waals surface area contributed by atoms with Crippen LogP contribution in [0.2, 0.25) is 0 Å². The lowest BCUT2D eigenvalue weighted by Crippen LogP contribution is -2.27. The monoisotopic (exact) mass is 268 g/mol. The molecule has 0 saturated carbocycles. The van der Waals surface area contributed by atoms with Gasteiger partial charge in [-0.15, -0.1) is 0 Å². The van der Waals surface area contributed by atoms with Gasteiger partial charge >= 0.3 is 5.97 Å². The number of pyridine rings is 1. The standard InChI is InChI=1S/C15H12N2O3/c1-10-2-4-11(5-3-10)13-7-6-12(8-16)15(20)17(13)9-14(18)19/h2-7H,9H2,1H3,(H,18,19). The van der Waals surface area contributed by atoms with E-state index in [4.69, 9.17) is 10.4 Å². The van der Waals surface area contributed by atoms with Crippen LogP contribution < -0.4 is 5.56 Å². The molecule has 0 aliphatic rings. The summed E-state index contributed by atoms with van der Waals surface area (Å²) < 4.78 is 1.10. The molecule has 0 aliphatic carbocycles. The van der Waals surface area contributed by atoms with Gasteiger partial charge in [0.15, 0.2) is 0 Å². The lowest BCUT2D eigenvalue weighted by Gasteiger charge is -2.11. The third-order valence-electron chi connectivity index (χ3n) is 2.94. The maximum atomic E-state index is 12.1. The summed E-state index contributed by atoms with van der Waals surface area (Å²) in [7, 11) is 0. The van der Waals surface area contributed by atoms with Crippen LogP contribution in [0, 0.1) is 18.3 Å². The van der Waals surface area contributed by atoms with Gasteiger partial charge in [0.25, 0.3) is 5.56 Å². The summed E-state index contributed by atoms with van der Waals surface area (Å²) in [5.74, 6) is -1.13. The number of nitriles is 1. The number of carbonyl (C=O) groups is 1. The van der Waals surface area contributed by atoms with Crippen molar-refractivity contribution >= 4 is 5.97 Å². The molecule has 5 nitrogen and oxygen atoms in total. The number of aliphatic carboxylic acids is 1. The normalized spacial score (nSPS) is 10.0. The Balaban J connectivity index is 2.67. The summed E-state index contributed by atoms with van der Waals surface area (Å²) in [6.07, 6.45) is 0. The first kappa shape index (κ1) is 13.6. The second-order valence-corrected chi connectivity index (χ2v) is 4.40. The number of aromatic nitrogens is 1. The van der Waals surface area contributed by atoms with Crippen molar-refractivity contribution < 1.29 is 9.90 Å². The van der Waals surface area contributed by atoms with Gasteiger partial charge in [0.2, 0.25) is 0 Å². The smallest absolute Gasteiger partial charge is 0.323 e. The van der Waals surface area contributed by atoms with E-state index in [2.05, 4.69) is 0 Å². The molecular weight excluding hydrogens is 256 g/mol. The predicted molar refractivity (Wildman–Crippen MR) is 73.2 cm³/mol. The number of carboxylic acid groups (broad SMARTS) is 1. The zero-order valence-electron chi connectivity index (χ0n) is 10.8. The number of hydrogen-bond donors (Lipinski definition) is 1. The number of rotatable bonds is 3. The minimum Gasteiger partial charge on any atom is -0.480 e. The predicted octanol–water partition coefficient (Wildman–Crippen LogP) is 1.78. The lowest BCUT2D eigenvalue weighted by molar-refractivity contribution is -0.137. The molecular formula is C15H12N2O3. The molecule has 1 heterocycles. The van der Waals surface area contributed by atoms with E-state index in [1.807, 2.05) is 31.2 Å². The summed E-state index contributed by atoms with van der Waals surface area (Å²) in [5.41, 5.74) is 1.62. The number of nitrogens with zero attached hydrogens (tertiary/aromatic N) is 2. The van der Waals surface area contributed by atoms with Crippen molar-refractivity contribution in [3.05, 3.63) is 57.9 Å². The van der Waals surface area contributed by atoms with Gasteiger partial charge in [0.1, 0.15) is 18.2 Å². The van der Waals surface area contributed by atoms with Crippen LogP contribution in [0.15, 0.2) is 41.2 Å². The van der Waals surface area contributed by atoms with Crippen LogP contribution in [0.5, 0.6) is 0 Å². The van der Waals surface area contributed by atoms with Crippen molar-refractivity contribution in [1.82, 2.24) is 4.57 Å².